The highest BCUT2D eigenvalue weighted by Crippen LogP contribution is 2.47. The number of aliphatic imine (C=N–C) groups is 1. The van der Waals surface area contributed by atoms with Crippen molar-refractivity contribution in [2.24, 2.45) is 10.4 Å². The van der Waals surface area contributed by atoms with Crippen molar-refractivity contribution in [1.29, 1.82) is 0 Å². The number of nitrogens with zero attached hydrogens (tertiary/aromatic N) is 3. The SMILES string of the molecule is COC(=O)C(Cc1ccc2c(c1)CCN2C(=O)c1cccnc1Cl)N=C1CC(=O)C12CCCCC2. The van der Waals surface area contributed by atoms with Crippen LogP contribution in [0.4, 0.5) is 5.69 Å². The van der Waals surface area contributed by atoms with E-state index in [0.29, 0.717) is 31.4 Å². The lowest BCUT2D eigenvalue weighted by Crippen LogP contribution is -2.52. The molecule has 35 heavy (non-hydrogen) atoms. The Balaban J connectivity index is 1.37. The second kappa shape index (κ2) is 9.53. The molecule has 8 heteroatoms. The number of anilines is 1. The van der Waals surface area contributed by atoms with Gasteiger partial charge in [0.2, 0.25) is 0 Å². The topological polar surface area (TPSA) is 88.9 Å². The maximum absolute atomic E-state index is 13.1. The molecule has 1 spiro atoms. The van der Waals surface area contributed by atoms with E-state index in [9.17, 15) is 14.4 Å². The molecule has 1 amide bonds. The largest absolute Gasteiger partial charge is 0.467 e. The Hall–Kier alpha value is -3.06. The lowest BCUT2D eigenvalue weighted by molar-refractivity contribution is -0.142. The third-order valence-electron chi connectivity index (χ3n) is 7.61. The van der Waals surface area contributed by atoms with Crippen LogP contribution in [0.2, 0.25) is 5.15 Å². The number of methoxy groups -OCH3 is 1. The molecule has 5 rings (SSSR count). The number of fused-ring (bicyclic) bond motifs is 1. The Labute approximate surface area is 209 Å². The van der Waals surface area contributed by atoms with Gasteiger partial charge in [-0.05, 0) is 48.6 Å². The molecular weight excluding hydrogens is 466 g/mol. The number of hydrogen-bond donors (Lipinski definition) is 0. The number of halogens is 1. The molecule has 1 unspecified atom stereocenters. The molecule has 3 aliphatic rings. The summed E-state index contributed by atoms with van der Waals surface area (Å²) in [6.45, 7) is 0.552. The highest BCUT2D eigenvalue weighted by atomic mass is 35.5. The Kier molecular flexibility index (Phi) is 6.45. The van der Waals surface area contributed by atoms with Crippen LogP contribution in [0.25, 0.3) is 0 Å². The van der Waals surface area contributed by atoms with E-state index < -0.39 is 17.4 Å². The van der Waals surface area contributed by atoms with Crippen molar-refractivity contribution in [3.05, 3.63) is 58.4 Å². The Morgan fingerprint density at radius 3 is 2.74 bits per heavy atom. The molecule has 0 radical (unpaired) electrons. The molecule has 1 aromatic heterocycles. The number of hydrogen-bond acceptors (Lipinski definition) is 6. The highest BCUT2D eigenvalue weighted by Gasteiger charge is 2.52. The molecule has 0 N–H and O–H groups in total. The number of pyridine rings is 1. The highest BCUT2D eigenvalue weighted by molar-refractivity contribution is 6.33. The number of ether oxygens (including phenoxy) is 1. The number of rotatable bonds is 5. The monoisotopic (exact) mass is 493 g/mol. The average molecular weight is 494 g/mol. The van der Waals surface area contributed by atoms with Crippen molar-refractivity contribution in [2.75, 3.05) is 18.6 Å². The first kappa shape index (κ1) is 23.7. The van der Waals surface area contributed by atoms with Gasteiger partial charge in [0.1, 0.15) is 10.9 Å². The van der Waals surface area contributed by atoms with Gasteiger partial charge in [-0.15, -0.1) is 0 Å². The van der Waals surface area contributed by atoms with Crippen LogP contribution in [0.5, 0.6) is 0 Å². The van der Waals surface area contributed by atoms with Crippen LogP contribution in [-0.2, 0) is 27.2 Å². The minimum absolute atomic E-state index is 0.180. The molecule has 0 bridgehead atoms. The molecule has 2 aromatic rings. The molecule has 2 fully saturated rings. The first-order valence-corrected chi connectivity index (χ1v) is 12.5. The standard InChI is InChI=1S/C27H28ClN3O4/c1-35-26(34)20(30-22-16-23(32)27(22)10-3-2-4-11-27)15-17-7-8-21-18(14-17)9-13-31(21)25(33)19-6-5-12-29-24(19)28/h5-8,12,14,20H,2-4,9-11,13,15-16H2,1H3. The second-order valence-electron chi connectivity index (χ2n) is 9.57. The molecule has 1 aromatic carbocycles. The maximum atomic E-state index is 13.1. The third-order valence-corrected chi connectivity index (χ3v) is 7.91. The molecule has 0 saturated heterocycles. The van der Waals surface area contributed by atoms with Gasteiger partial charge in [0, 0.05) is 37.0 Å². The van der Waals surface area contributed by atoms with E-state index >= 15 is 0 Å². The van der Waals surface area contributed by atoms with Crippen LogP contribution in [0.1, 0.15) is 60.0 Å². The molecule has 7 nitrogen and oxygen atoms in total. The zero-order valence-electron chi connectivity index (χ0n) is 19.8. The van der Waals surface area contributed by atoms with Gasteiger partial charge in [0.25, 0.3) is 5.91 Å². The lowest BCUT2D eigenvalue weighted by Gasteiger charge is -2.44. The summed E-state index contributed by atoms with van der Waals surface area (Å²) in [7, 11) is 1.37. The molecular formula is C27H28ClN3O4. The van der Waals surface area contributed by atoms with Gasteiger partial charge >= 0.3 is 5.97 Å². The van der Waals surface area contributed by atoms with E-state index in [1.165, 1.54) is 7.11 Å². The summed E-state index contributed by atoms with van der Waals surface area (Å²) < 4.78 is 5.06. The normalized spacial score (nSPS) is 20.5. The summed E-state index contributed by atoms with van der Waals surface area (Å²) in [6, 6.07) is 8.55. The smallest absolute Gasteiger partial charge is 0.330 e. The second-order valence-corrected chi connectivity index (χ2v) is 9.93. The summed E-state index contributed by atoms with van der Waals surface area (Å²) >= 11 is 6.14. The minimum atomic E-state index is -0.687. The van der Waals surface area contributed by atoms with E-state index in [2.05, 4.69) is 4.98 Å². The quantitative estimate of drug-likeness (QED) is 0.455. The number of benzene rings is 1. The first-order valence-electron chi connectivity index (χ1n) is 12.2. The van der Waals surface area contributed by atoms with Crippen LogP contribution >= 0.6 is 11.6 Å². The first-order chi connectivity index (χ1) is 16.9. The number of carbonyl (C=O) groups is 3. The van der Waals surface area contributed by atoms with Crippen molar-refractivity contribution in [3.63, 3.8) is 0 Å². The van der Waals surface area contributed by atoms with Gasteiger partial charge in [-0.3, -0.25) is 14.6 Å². The van der Waals surface area contributed by atoms with Gasteiger partial charge in [0.15, 0.2) is 6.04 Å². The molecule has 2 heterocycles. The Morgan fingerprint density at radius 2 is 2.03 bits per heavy atom. The number of carbonyl (C=O) groups excluding carboxylic acids is 3. The van der Waals surface area contributed by atoms with Crippen LogP contribution in [0.3, 0.4) is 0 Å². The van der Waals surface area contributed by atoms with Crippen molar-refractivity contribution < 1.29 is 19.1 Å². The summed E-state index contributed by atoms with van der Waals surface area (Å²) in [4.78, 5) is 48.7. The van der Waals surface area contributed by atoms with Crippen LogP contribution in [0, 0.1) is 5.41 Å². The molecule has 2 saturated carbocycles. The number of esters is 1. The van der Waals surface area contributed by atoms with Gasteiger partial charge in [-0.25, -0.2) is 9.78 Å². The van der Waals surface area contributed by atoms with Gasteiger partial charge < -0.3 is 9.64 Å². The summed E-state index contributed by atoms with van der Waals surface area (Å²) in [5.74, 6) is -0.317. The van der Waals surface area contributed by atoms with E-state index in [-0.39, 0.29) is 16.8 Å². The van der Waals surface area contributed by atoms with Crippen molar-refractivity contribution in [2.45, 2.75) is 57.4 Å². The van der Waals surface area contributed by atoms with E-state index in [1.807, 2.05) is 18.2 Å². The predicted octanol–water partition coefficient (Wildman–Crippen LogP) is 4.39. The fourth-order valence-corrected chi connectivity index (χ4v) is 5.85. The summed E-state index contributed by atoms with van der Waals surface area (Å²) in [5.41, 5.74) is 3.61. The van der Waals surface area contributed by atoms with Gasteiger partial charge in [-0.2, -0.15) is 0 Å². The molecule has 182 valence electrons. The Morgan fingerprint density at radius 1 is 1.23 bits per heavy atom. The van der Waals surface area contributed by atoms with Crippen LogP contribution in [0.15, 0.2) is 41.5 Å². The number of ketones is 1. The van der Waals surface area contributed by atoms with Crippen molar-refractivity contribution in [3.8, 4) is 0 Å². The Bertz CT molecular complexity index is 1220. The maximum Gasteiger partial charge on any atom is 0.330 e. The number of amides is 1. The number of Topliss-reactive ketones (excluding diaryl/α,β-unsaturated/α-hetero) is 1. The van der Waals surface area contributed by atoms with Crippen LogP contribution < -0.4 is 4.90 Å². The van der Waals surface area contributed by atoms with E-state index in [4.69, 9.17) is 21.3 Å². The molecule has 1 aliphatic heterocycles. The predicted molar refractivity (Wildman–Crippen MR) is 133 cm³/mol. The minimum Gasteiger partial charge on any atom is -0.467 e. The zero-order chi connectivity index (χ0) is 24.6. The number of aromatic nitrogens is 1. The summed E-state index contributed by atoms with van der Waals surface area (Å²) in [5, 5.41) is 0.188. The third kappa shape index (κ3) is 4.27. The lowest BCUT2D eigenvalue weighted by atomic mass is 9.58. The fourth-order valence-electron chi connectivity index (χ4n) is 5.65. The average Bonchev–Trinajstić information content (AvgIpc) is 3.31. The van der Waals surface area contributed by atoms with Crippen molar-refractivity contribution in [1.82, 2.24) is 4.98 Å². The van der Waals surface area contributed by atoms with Gasteiger partial charge in [-0.1, -0.05) is 43.0 Å². The molecule has 1 atom stereocenters. The zero-order valence-corrected chi connectivity index (χ0v) is 20.5. The fraction of sp³-hybridized carbons (Fsp3) is 0.444. The van der Waals surface area contributed by atoms with E-state index in [0.717, 1.165) is 54.6 Å². The summed E-state index contributed by atoms with van der Waals surface area (Å²) in [6.07, 6.45) is 7.86. The van der Waals surface area contributed by atoms with Gasteiger partial charge in [0.05, 0.1) is 18.1 Å². The molecule has 2 aliphatic carbocycles. The van der Waals surface area contributed by atoms with Crippen molar-refractivity contribution >= 4 is 40.7 Å². The van der Waals surface area contributed by atoms with Crippen LogP contribution in [-0.4, -0.2) is 48.1 Å². The van der Waals surface area contributed by atoms with E-state index in [1.54, 1.807) is 23.2 Å².